The molecular weight excluding hydrogens is 344 g/mol. The molecule has 0 saturated carbocycles. The molecule has 27 heavy (non-hydrogen) atoms. The molecule has 0 bridgehead atoms. The van der Waals surface area contributed by atoms with Crippen LogP contribution in [0.15, 0.2) is 42.5 Å². The Morgan fingerprint density at radius 1 is 1.15 bits per heavy atom. The summed E-state index contributed by atoms with van der Waals surface area (Å²) >= 11 is 0. The lowest BCUT2D eigenvalue weighted by atomic mass is 10.0. The molecule has 1 unspecified atom stereocenters. The maximum absolute atomic E-state index is 12.1. The van der Waals surface area contributed by atoms with Crippen LogP contribution in [0.5, 0.6) is 0 Å². The molecule has 0 aliphatic carbocycles. The van der Waals surface area contributed by atoms with E-state index in [-0.39, 0.29) is 0 Å². The predicted octanol–water partition coefficient (Wildman–Crippen LogP) is 3.25. The molecule has 1 saturated heterocycles. The third-order valence-corrected chi connectivity index (χ3v) is 4.69. The Kier molecular flexibility index (Phi) is 5.37. The van der Waals surface area contributed by atoms with Gasteiger partial charge in [-0.1, -0.05) is 42.5 Å². The van der Waals surface area contributed by atoms with Gasteiger partial charge < -0.3 is 15.2 Å². The van der Waals surface area contributed by atoms with Crippen LogP contribution >= 0.6 is 0 Å². The van der Waals surface area contributed by atoms with Gasteiger partial charge >= 0.3 is 12.1 Å². The molecule has 1 fully saturated rings. The number of ether oxygens (including phenoxy) is 1. The number of carbonyl (C=O) groups is 2. The number of benzene rings is 2. The minimum absolute atomic E-state index is 0.388. The van der Waals surface area contributed by atoms with Gasteiger partial charge in [0.2, 0.25) is 0 Å². The van der Waals surface area contributed by atoms with Crippen molar-refractivity contribution in [2.45, 2.75) is 39.0 Å². The van der Waals surface area contributed by atoms with Crippen LogP contribution in [-0.4, -0.2) is 46.8 Å². The van der Waals surface area contributed by atoms with Gasteiger partial charge in [-0.15, -0.1) is 0 Å². The fraction of sp³-hybridized carbons (Fsp3) is 0.429. The lowest BCUT2D eigenvalue weighted by molar-refractivity contribution is -0.141. The van der Waals surface area contributed by atoms with E-state index in [4.69, 9.17) is 4.74 Å². The molecule has 0 aromatic heterocycles. The second-order valence-electron chi connectivity index (χ2n) is 8.03. The second kappa shape index (κ2) is 7.56. The molecule has 144 valence electrons. The topological polar surface area (TPSA) is 78.9 Å². The number of hydrogen-bond donors (Lipinski definition) is 2. The van der Waals surface area contributed by atoms with Crippen molar-refractivity contribution in [1.29, 1.82) is 0 Å². The number of amides is 1. The minimum Gasteiger partial charge on any atom is -0.481 e. The van der Waals surface area contributed by atoms with E-state index in [1.165, 1.54) is 0 Å². The van der Waals surface area contributed by atoms with Gasteiger partial charge in [0.05, 0.1) is 12.0 Å². The number of carbonyl (C=O) groups excluding carboxylic acids is 1. The maximum atomic E-state index is 12.1. The van der Waals surface area contributed by atoms with Crippen LogP contribution in [0.1, 0.15) is 26.3 Å². The van der Waals surface area contributed by atoms with E-state index in [0.717, 1.165) is 16.3 Å². The quantitative estimate of drug-likeness (QED) is 0.864. The van der Waals surface area contributed by atoms with Crippen LogP contribution in [0.25, 0.3) is 10.8 Å². The number of likely N-dealkylation sites (tertiary alicyclic amines) is 1. The Hall–Kier alpha value is -2.60. The van der Waals surface area contributed by atoms with Crippen molar-refractivity contribution in [3.8, 4) is 0 Å². The third kappa shape index (κ3) is 4.77. The first-order valence-corrected chi connectivity index (χ1v) is 9.14. The molecular formula is C21H26N2O4. The van der Waals surface area contributed by atoms with E-state index >= 15 is 0 Å². The van der Waals surface area contributed by atoms with Gasteiger partial charge in [-0.25, -0.2) is 4.79 Å². The SMILES string of the molecule is CC(C)(C)OC(=O)N[C@@H]1CN(Cc2cccc3ccccc23)CC1C(=O)O. The molecule has 1 aliphatic heterocycles. The highest BCUT2D eigenvalue weighted by atomic mass is 16.6. The highest BCUT2D eigenvalue weighted by Gasteiger charge is 2.39. The number of rotatable bonds is 4. The fourth-order valence-electron chi connectivity index (χ4n) is 3.54. The maximum Gasteiger partial charge on any atom is 0.407 e. The first-order chi connectivity index (χ1) is 12.7. The standard InChI is InChI=1S/C21H26N2O4/c1-21(2,3)27-20(26)22-18-13-23(12-17(18)19(24)25)11-15-9-6-8-14-7-4-5-10-16(14)15/h4-10,17-18H,11-13H2,1-3H3,(H,22,26)(H,24,25)/t17?,18-/m1/s1. The van der Waals surface area contributed by atoms with E-state index in [9.17, 15) is 14.7 Å². The molecule has 1 heterocycles. The van der Waals surface area contributed by atoms with Crippen molar-refractivity contribution >= 4 is 22.8 Å². The van der Waals surface area contributed by atoms with E-state index < -0.39 is 29.6 Å². The van der Waals surface area contributed by atoms with E-state index in [2.05, 4.69) is 34.5 Å². The summed E-state index contributed by atoms with van der Waals surface area (Å²) in [5.74, 6) is -1.57. The van der Waals surface area contributed by atoms with Crippen LogP contribution < -0.4 is 5.32 Å². The highest BCUT2D eigenvalue weighted by molar-refractivity contribution is 5.85. The van der Waals surface area contributed by atoms with Crippen molar-refractivity contribution in [1.82, 2.24) is 10.2 Å². The Morgan fingerprint density at radius 2 is 1.85 bits per heavy atom. The number of carboxylic acid groups (broad SMARTS) is 1. The lowest BCUT2D eigenvalue weighted by Crippen LogP contribution is -2.45. The van der Waals surface area contributed by atoms with Crippen molar-refractivity contribution in [2.75, 3.05) is 13.1 Å². The van der Waals surface area contributed by atoms with Gasteiger partial charge in [-0.05, 0) is 37.1 Å². The van der Waals surface area contributed by atoms with Crippen molar-refractivity contribution < 1.29 is 19.4 Å². The van der Waals surface area contributed by atoms with Gasteiger partial charge in [0.15, 0.2) is 0 Å². The lowest BCUT2D eigenvalue weighted by Gasteiger charge is -2.23. The van der Waals surface area contributed by atoms with Crippen LogP contribution in [-0.2, 0) is 16.1 Å². The number of alkyl carbamates (subject to hydrolysis) is 1. The summed E-state index contributed by atoms with van der Waals surface area (Å²) in [6.45, 7) is 6.84. The van der Waals surface area contributed by atoms with Crippen molar-refractivity contribution in [3.63, 3.8) is 0 Å². The van der Waals surface area contributed by atoms with Gasteiger partial charge in [-0.3, -0.25) is 9.69 Å². The Labute approximate surface area is 159 Å². The molecule has 1 amide bonds. The third-order valence-electron chi connectivity index (χ3n) is 4.69. The molecule has 3 rings (SSSR count). The number of aliphatic carboxylic acids is 1. The number of fused-ring (bicyclic) bond motifs is 1. The van der Waals surface area contributed by atoms with E-state index in [1.54, 1.807) is 20.8 Å². The first-order valence-electron chi connectivity index (χ1n) is 9.14. The predicted molar refractivity (Wildman–Crippen MR) is 104 cm³/mol. The largest absolute Gasteiger partial charge is 0.481 e. The molecule has 2 aromatic carbocycles. The van der Waals surface area contributed by atoms with Crippen LogP contribution in [0.4, 0.5) is 4.79 Å². The summed E-state index contributed by atoms with van der Waals surface area (Å²) in [5, 5.41) is 14.6. The fourth-order valence-corrected chi connectivity index (χ4v) is 3.54. The summed E-state index contributed by atoms with van der Waals surface area (Å²) in [6, 6.07) is 13.8. The van der Waals surface area contributed by atoms with Crippen LogP contribution in [0.3, 0.4) is 0 Å². The molecule has 0 radical (unpaired) electrons. The van der Waals surface area contributed by atoms with Gasteiger partial charge in [0, 0.05) is 19.6 Å². The molecule has 0 spiro atoms. The average Bonchev–Trinajstić information content (AvgIpc) is 2.96. The summed E-state index contributed by atoms with van der Waals surface area (Å²) in [7, 11) is 0. The number of hydrogen-bond acceptors (Lipinski definition) is 4. The van der Waals surface area contributed by atoms with Crippen molar-refractivity contribution in [2.24, 2.45) is 5.92 Å². The highest BCUT2D eigenvalue weighted by Crippen LogP contribution is 2.24. The Morgan fingerprint density at radius 3 is 2.56 bits per heavy atom. The summed E-state index contributed by atoms with van der Waals surface area (Å²) in [5.41, 5.74) is 0.527. The second-order valence-corrected chi connectivity index (χ2v) is 8.03. The molecule has 1 aliphatic rings. The molecule has 2 aromatic rings. The normalized spacial score (nSPS) is 20.6. The summed E-state index contributed by atoms with van der Waals surface area (Å²) in [6.07, 6.45) is -0.578. The first kappa shape index (κ1) is 19.2. The zero-order valence-corrected chi connectivity index (χ0v) is 15.9. The van der Waals surface area contributed by atoms with Gasteiger partial charge in [0.25, 0.3) is 0 Å². The van der Waals surface area contributed by atoms with E-state index in [0.29, 0.717) is 19.6 Å². The number of nitrogens with one attached hydrogen (secondary N) is 1. The van der Waals surface area contributed by atoms with E-state index in [1.807, 2.05) is 18.2 Å². The average molecular weight is 370 g/mol. The zero-order valence-electron chi connectivity index (χ0n) is 15.9. The molecule has 2 atom stereocenters. The number of nitrogens with zero attached hydrogens (tertiary/aromatic N) is 1. The zero-order chi connectivity index (χ0) is 19.6. The Balaban J connectivity index is 1.72. The molecule has 6 nitrogen and oxygen atoms in total. The molecule has 2 N–H and O–H groups in total. The smallest absolute Gasteiger partial charge is 0.407 e. The Bertz CT molecular complexity index is 838. The molecule has 6 heteroatoms. The van der Waals surface area contributed by atoms with Crippen LogP contribution in [0, 0.1) is 5.92 Å². The minimum atomic E-state index is -0.906. The monoisotopic (exact) mass is 370 g/mol. The summed E-state index contributed by atoms with van der Waals surface area (Å²) < 4.78 is 5.28. The van der Waals surface area contributed by atoms with Crippen molar-refractivity contribution in [3.05, 3.63) is 48.0 Å². The number of carboxylic acids is 1. The van der Waals surface area contributed by atoms with Crippen LogP contribution in [0.2, 0.25) is 0 Å². The van der Waals surface area contributed by atoms with Gasteiger partial charge in [0.1, 0.15) is 5.60 Å². The summed E-state index contributed by atoms with van der Waals surface area (Å²) in [4.78, 5) is 25.8. The van der Waals surface area contributed by atoms with Gasteiger partial charge in [-0.2, -0.15) is 0 Å².